The van der Waals surface area contributed by atoms with Crippen molar-refractivity contribution in [3.05, 3.63) is 29.8 Å². The quantitative estimate of drug-likeness (QED) is 0.748. The third-order valence-electron chi connectivity index (χ3n) is 3.20. The van der Waals surface area contributed by atoms with Crippen LogP contribution in [0.4, 0.5) is 0 Å². The van der Waals surface area contributed by atoms with Crippen molar-refractivity contribution in [1.29, 1.82) is 0 Å². The van der Waals surface area contributed by atoms with E-state index in [0.717, 1.165) is 18.4 Å². The summed E-state index contributed by atoms with van der Waals surface area (Å²) >= 11 is 0. The summed E-state index contributed by atoms with van der Waals surface area (Å²) in [5.74, 6) is -0.414. The molecule has 0 spiro atoms. The molecule has 0 aliphatic carbocycles. The van der Waals surface area contributed by atoms with Crippen molar-refractivity contribution in [2.45, 2.75) is 50.5 Å². The summed E-state index contributed by atoms with van der Waals surface area (Å²) in [4.78, 5) is 11.6. The zero-order valence-electron chi connectivity index (χ0n) is 12.8. The normalized spacial score (nSPS) is 12.9. The second-order valence-corrected chi connectivity index (χ2v) is 6.77. The predicted molar refractivity (Wildman–Crippen MR) is 81.4 cm³/mol. The van der Waals surface area contributed by atoms with Gasteiger partial charge in [0.1, 0.15) is 0 Å². The van der Waals surface area contributed by atoms with Crippen molar-refractivity contribution in [2.75, 3.05) is 7.11 Å². The fraction of sp³-hybridized carbons (Fsp3) is 0.533. The molecule has 0 unspecified atom stereocenters. The van der Waals surface area contributed by atoms with Gasteiger partial charge in [-0.25, -0.2) is 13.1 Å². The van der Waals surface area contributed by atoms with Crippen LogP contribution in [0.1, 0.15) is 38.2 Å². The van der Waals surface area contributed by atoms with Gasteiger partial charge in [0.05, 0.1) is 18.4 Å². The zero-order chi connectivity index (χ0) is 15.9. The Bertz CT molecular complexity index is 552. The van der Waals surface area contributed by atoms with E-state index in [-0.39, 0.29) is 11.3 Å². The summed E-state index contributed by atoms with van der Waals surface area (Å²) in [6, 6.07) is 6.18. The Morgan fingerprint density at radius 3 is 2.43 bits per heavy atom. The number of benzene rings is 1. The van der Waals surface area contributed by atoms with Gasteiger partial charge in [-0.05, 0) is 25.5 Å². The van der Waals surface area contributed by atoms with Gasteiger partial charge in [-0.15, -0.1) is 0 Å². The van der Waals surface area contributed by atoms with Gasteiger partial charge in [0, 0.05) is 6.04 Å². The number of esters is 1. The lowest BCUT2D eigenvalue weighted by atomic mass is 10.1. The number of nitrogens with one attached hydrogen (secondary N) is 1. The van der Waals surface area contributed by atoms with E-state index in [4.69, 9.17) is 0 Å². The second-order valence-electron chi connectivity index (χ2n) is 5.05. The minimum Gasteiger partial charge on any atom is -0.469 e. The van der Waals surface area contributed by atoms with Gasteiger partial charge in [-0.1, -0.05) is 37.5 Å². The Hall–Kier alpha value is -1.40. The van der Waals surface area contributed by atoms with Crippen molar-refractivity contribution in [3.8, 4) is 0 Å². The lowest BCUT2D eigenvalue weighted by molar-refractivity contribution is -0.141. The highest BCUT2D eigenvalue weighted by Gasteiger charge is 2.22. The third kappa shape index (κ3) is 5.85. The molecule has 0 saturated carbocycles. The average Bonchev–Trinajstić information content (AvgIpc) is 2.44. The van der Waals surface area contributed by atoms with Gasteiger partial charge >= 0.3 is 5.97 Å². The Morgan fingerprint density at radius 2 is 1.90 bits per heavy atom. The van der Waals surface area contributed by atoms with Crippen LogP contribution in [0.2, 0.25) is 0 Å². The number of carbonyl (C=O) groups is 1. The minimum atomic E-state index is -3.62. The smallest absolute Gasteiger partial charge is 0.307 e. The van der Waals surface area contributed by atoms with Crippen LogP contribution in [0.3, 0.4) is 0 Å². The fourth-order valence-corrected chi connectivity index (χ4v) is 3.21. The molecule has 1 rings (SSSR count). The number of hydrogen-bond acceptors (Lipinski definition) is 4. The Labute approximate surface area is 126 Å². The van der Waals surface area contributed by atoms with Crippen molar-refractivity contribution in [2.24, 2.45) is 0 Å². The topological polar surface area (TPSA) is 72.5 Å². The van der Waals surface area contributed by atoms with Gasteiger partial charge in [-0.2, -0.15) is 0 Å². The molecule has 1 aromatic rings. The van der Waals surface area contributed by atoms with Gasteiger partial charge in [-0.3, -0.25) is 4.79 Å². The summed E-state index contributed by atoms with van der Waals surface area (Å²) in [6.07, 6.45) is 2.43. The highest BCUT2D eigenvalue weighted by atomic mass is 32.2. The van der Waals surface area contributed by atoms with Crippen LogP contribution in [0.5, 0.6) is 0 Å². The molecule has 1 aromatic carbocycles. The molecule has 1 N–H and O–H groups in total. The Balaban J connectivity index is 2.84. The number of carbonyl (C=O) groups excluding carboxylic acids is 1. The molecule has 0 aliphatic heterocycles. The number of rotatable bonds is 8. The maximum Gasteiger partial charge on any atom is 0.307 e. The summed E-state index contributed by atoms with van der Waals surface area (Å²) in [6.45, 7) is 3.91. The molecule has 0 saturated heterocycles. The van der Waals surface area contributed by atoms with Crippen LogP contribution in [-0.2, 0) is 19.6 Å². The predicted octanol–water partition coefficient (Wildman–Crippen LogP) is 2.40. The molecule has 0 aliphatic rings. The van der Waals surface area contributed by atoms with Gasteiger partial charge < -0.3 is 4.74 Å². The first kappa shape index (κ1) is 17.7. The SMILES string of the molecule is CCCC[C@H](CC(=O)OC)NS(=O)(=O)c1ccc(C)cc1. The molecule has 21 heavy (non-hydrogen) atoms. The van der Waals surface area contributed by atoms with E-state index in [1.54, 1.807) is 24.3 Å². The van der Waals surface area contributed by atoms with E-state index < -0.39 is 22.0 Å². The highest BCUT2D eigenvalue weighted by Crippen LogP contribution is 2.14. The van der Waals surface area contributed by atoms with Crippen molar-refractivity contribution >= 4 is 16.0 Å². The molecule has 118 valence electrons. The monoisotopic (exact) mass is 313 g/mol. The van der Waals surface area contributed by atoms with Crippen molar-refractivity contribution in [1.82, 2.24) is 4.72 Å². The first-order valence-electron chi connectivity index (χ1n) is 7.05. The van der Waals surface area contributed by atoms with Crippen molar-refractivity contribution in [3.63, 3.8) is 0 Å². The zero-order valence-corrected chi connectivity index (χ0v) is 13.6. The van der Waals surface area contributed by atoms with Crippen molar-refractivity contribution < 1.29 is 17.9 Å². The summed E-state index contributed by atoms with van der Waals surface area (Å²) in [5, 5.41) is 0. The second kappa shape index (κ2) is 8.14. The van der Waals surface area contributed by atoms with Crippen LogP contribution in [-0.4, -0.2) is 27.5 Å². The molecule has 0 bridgehead atoms. The standard InChI is InChI=1S/C15H23NO4S/c1-4-5-6-13(11-15(17)20-3)16-21(18,19)14-9-7-12(2)8-10-14/h7-10,13,16H,4-6,11H2,1-3H3/t13-/m1/s1. The molecular weight excluding hydrogens is 290 g/mol. The first-order valence-corrected chi connectivity index (χ1v) is 8.53. The Kier molecular flexibility index (Phi) is 6.84. The first-order chi connectivity index (χ1) is 9.89. The van der Waals surface area contributed by atoms with E-state index in [0.29, 0.717) is 6.42 Å². The molecule has 0 heterocycles. The molecule has 0 fully saturated rings. The molecule has 0 amide bonds. The molecule has 6 heteroatoms. The van der Waals surface area contributed by atoms with E-state index in [1.165, 1.54) is 7.11 Å². The number of aryl methyl sites for hydroxylation is 1. The lowest BCUT2D eigenvalue weighted by Gasteiger charge is -2.17. The fourth-order valence-electron chi connectivity index (χ4n) is 1.94. The van der Waals surface area contributed by atoms with Crippen LogP contribution >= 0.6 is 0 Å². The average molecular weight is 313 g/mol. The molecule has 0 aromatic heterocycles. The van der Waals surface area contributed by atoms with Crippen LogP contribution < -0.4 is 4.72 Å². The highest BCUT2D eigenvalue weighted by molar-refractivity contribution is 7.89. The number of methoxy groups -OCH3 is 1. The van der Waals surface area contributed by atoms with E-state index in [2.05, 4.69) is 9.46 Å². The van der Waals surface area contributed by atoms with Gasteiger partial charge in [0.15, 0.2) is 0 Å². The number of sulfonamides is 1. The number of unbranched alkanes of at least 4 members (excludes halogenated alkanes) is 1. The molecule has 5 nitrogen and oxygen atoms in total. The third-order valence-corrected chi connectivity index (χ3v) is 4.74. The van der Waals surface area contributed by atoms with E-state index >= 15 is 0 Å². The summed E-state index contributed by atoms with van der Waals surface area (Å²) < 4.78 is 31.9. The van der Waals surface area contributed by atoms with Gasteiger partial charge in [0.2, 0.25) is 10.0 Å². The maximum absolute atomic E-state index is 12.3. The van der Waals surface area contributed by atoms with E-state index in [1.807, 2.05) is 13.8 Å². The van der Waals surface area contributed by atoms with E-state index in [9.17, 15) is 13.2 Å². The molecule has 0 radical (unpaired) electrons. The van der Waals surface area contributed by atoms with Crippen LogP contribution in [0.15, 0.2) is 29.2 Å². The summed E-state index contributed by atoms with van der Waals surface area (Å²) in [7, 11) is -2.32. The van der Waals surface area contributed by atoms with Crippen LogP contribution in [0, 0.1) is 6.92 Å². The maximum atomic E-state index is 12.3. The number of hydrogen-bond donors (Lipinski definition) is 1. The Morgan fingerprint density at radius 1 is 1.29 bits per heavy atom. The van der Waals surface area contributed by atoms with Gasteiger partial charge in [0.25, 0.3) is 0 Å². The minimum absolute atomic E-state index is 0.0432. The number of ether oxygens (including phenoxy) is 1. The molecule has 1 atom stereocenters. The van der Waals surface area contributed by atoms with Crippen LogP contribution in [0.25, 0.3) is 0 Å². The largest absolute Gasteiger partial charge is 0.469 e. The molecular formula is C15H23NO4S. The summed E-state index contributed by atoms with van der Waals surface area (Å²) in [5.41, 5.74) is 0.992. The lowest BCUT2D eigenvalue weighted by Crippen LogP contribution is -2.36.